The van der Waals surface area contributed by atoms with E-state index in [1.165, 1.54) is 11.3 Å². The third-order valence-electron chi connectivity index (χ3n) is 4.23. The predicted octanol–water partition coefficient (Wildman–Crippen LogP) is 0.747. The summed E-state index contributed by atoms with van der Waals surface area (Å²) in [5, 5.41) is 5.32. The van der Waals surface area contributed by atoms with Gasteiger partial charge in [-0.2, -0.15) is 0 Å². The summed E-state index contributed by atoms with van der Waals surface area (Å²) in [4.78, 5) is 41.0. The first kappa shape index (κ1) is 25.0. The van der Waals surface area contributed by atoms with Crippen LogP contribution in [-0.4, -0.2) is 70.9 Å². The van der Waals surface area contributed by atoms with E-state index in [2.05, 4.69) is 25.2 Å². The molecule has 1 aliphatic heterocycles. The minimum Gasteiger partial charge on any atom is -0.350 e. The molecule has 1 aliphatic rings. The Morgan fingerprint density at radius 3 is 2.48 bits per heavy atom. The molecule has 9 nitrogen and oxygen atoms in total. The van der Waals surface area contributed by atoms with Crippen LogP contribution in [0.25, 0.3) is 0 Å². The first-order chi connectivity index (χ1) is 13.2. The van der Waals surface area contributed by atoms with Crippen molar-refractivity contribution < 1.29 is 9.59 Å². The van der Waals surface area contributed by atoms with Crippen LogP contribution < -0.4 is 16.0 Å². The van der Waals surface area contributed by atoms with Gasteiger partial charge in [-0.15, -0.1) is 36.2 Å². The van der Waals surface area contributed by atoms with Crippen molar-refractivity contribution in [2.75, 3.05) is 44.2 Å². The Kier molecular flexibility index (Phi) is 10.8. The van der Waals surface area contributed by atoms with Gasteiger partial charge >= 0.3 is 0 Å². The fraction of sp³-hybridized carbons (Fsp3) is 0.471. The number of rotatable bonds is 7. The Hall–Kier alpha value is -2.01. The first-order valence-corrected chi connectivity index (χ1v) is 9.77. The molecule has 0 bridgehead atoms. The Balaban J connectivity index is 0.00000210. The summed E-state index contributed by atoms with van der Waals surface area (Å²) < 4.78 is 0. The summed E-state index contributed by atoms with van der Waals surface area (Å²) in [5.74, 6) is 0.466. The van der Waals surface area contributed by atoms with Gasteiger partial charge in [0.05, 0.1) is 5.01 Å². The largest absolute Gasteiger partial charge is 0.350 e. The number of hydrogen-bond donors (Lipinski definition) is 2. The monoisotopic (exact) mass is 461 g/mol. The van der Waals surface area contributed by atoms with E-state index in [9.17, 15) is 9.59 Å². The lowest BCUT2D eigenvalue weighted by Crippen LogP contribution is -2.49. The molecule has 3 N–H and O–H groups in total. The molecule has 29 heavy (non-hydrogen) atoms. The van der Waals surface area contributed by atoms with E-state index in [0.29, 0.717) is 57.3 Å². The normalized spacial score (nSPS) is 13.3. The molecule has 0 unspecified atom stereocenters. The molecule has 160 valence electrons. The van der Waals surface area contributed by atoms with E-state index in [-0.39, 0.29) is 43.0 Å². The fourth-order valence-corrected chi connectivity index (χ4v) is 3.59. The Morgan fingerprint density at radius 2 is 1.83 bits per heavy atom. The zero-order chi connectivity index (χ0) is 19.1. The summed E-state index contributed by atoms with van der Waals surface area (Å²) in [5.41, 5.74) is 5.87. The molecule has 0 aromatic carbocycles. The molecule has 1 fully saturated rings. The molecule has 0 atom stereocenters. The van der Waals surface area contributed by atoms with Gasteiger partial charge in [-0.1, -0.05) is 0 Å². The maximum absolute atomic E-state index is 12.3. The maximum Gasteiger partial charge on any atom is 0.270 e. The third-order valence-corrected chi connectivity index (χ3v) is 5.14. The van der Waals surface area contributed by atoms with Crippen LogP contribution >= 0.6 is 36.2 Å². The van der Waals surface area contributed by atoms with Crippen LogP contribution in [0, 0.1) is 0 Å². The van der Waals surface area contributed by atoms with Gasteiger partial charge in [0.2, 0.25) is 11.9 Å². The number of nitrogens with one attached hydrogen (secondary N) is 1. The number of hydrogen-bond acceptors (Lipinski definition) is 8. The second-order valence-electron chi connectivity index (χ2n) is 6.09. The van der Waals surface area contributed by atoms with Gasteiger partial charge in [-0.25, -0.2) is 15.0 Å². The molecule has 3 heterocycles. The van der Waals surface area contributed by atoms with Crippen LogP contribution in [0.1, 0.15) is 21.9 Å². The topological polar surface area (TPSA) is 117 Å². The van der Waals surface area contributed by atoms with Crippen molar-refractivity contribution in [2.24, 2.45) is 5.73 Å². The quantitative estimate of drug-likeness (QED) is 0.624. The zero-order valence-corrected chi connectivity index (χ0v) is 18.3. The molecule has 0 radical (unpaired) electrons. The number of thiazole rings is 1. The summed E-state index contributed by atoms with van der Waals surface area (Å²) in [6.07, 6.45) is 4.36. The minimum absolute atomic E-state index is 0. The molecule has 12 heteroatoms. The van der Waals surface area contributed by atoms with Crippen molar-refractivity contribution in [1.29, 1.82) is 0 Å². The molecule has 0 saturated carbocycles. The third kappa shape index (κ3) is 7.07. The molecule has 0 spiro atoms. The highest BCUT2D eigenvalue weighted by molar-refractivity contribution is 7.09. The van der Waals surface area contributed by atoms with Gasteiger partial charge in [0.15, 0.2) is 0 Å². The van der Waals surface area contributed by atoms with Crippen LogP contribution in [0.3, 0.4) is 0 Å². The Morgan fingerprint density at radius 1 is 1.14 bits per heavy atom. The van der Waals surface area contributed by atoms with Crippen molar-refractivity contribution >= 4 is 53.9 Å². The second-order valence-corrected chi connectivity index (χ2v) is 7.03. The predicted molar refractivity (Wildman–Crippen MR) is 117 cm³/mol. The lowest BCUT2D eigenvalue weighted by molar-refractivity contribution is -0.131. The second kappa shape index (κ2) is 12.5. The molecule has 2 aromatic rings. The summed E-state index contributed by atoms with van der Waals surface area (Å²) >= 11 is 1.42. The maximum atomic E-state index is 12.3. The van der Waals surface area contributed by atoms with Gasteiger partial charge in [0.25, 0.3) is 5.91 Å². The highest BCUT2D eigenvalue weighted by atomic mass is 35.5. The van der Waals surface area contributed by atoms with Gasteiger partial charge in [-0.05, 0) is 12.6 Å². The number of carbonyl (C=O) groups excluding carboxylic acids is 2. The number of nitrogens with zero attached hydrogens (tertiary/aromatic N) is 5. The van der Waals surface area contributed by atoms with Crippen LogP contribution in [0.4, 0.5) is 5.95 Å². The molecule has 2 aromatic heterocycles. The number of nitrogens with two attached hydrogens (primary N) is 1. The number of piperazine rings is 1. The highest BCUT2D eigenvalue weighted by Gasteiger charge is 2.22. The molecule has 1 saturated heterocycles. The molecule has 2 amide bonds. The van der Waals surface area contributed by atoms with Crippen LogP contribution in [0.5, 0.6) is 0 Å². The van der Waals surface area contributed by atoms with Gasteiger partial charge in [-0.3, -0.25) is 9.59 Å². The zero-order valence-electron chi connectivity index (χ0n) is 15.8. The lowest BCUT2D eigenvalue weighted by atomic mass is 10.2. The average Bonchev–Trinajstić information content (AvgIpc) is 3.18. The van der Waals surface area contributed by atoms with Crippen LogP contribution in [0.15, 0.2) is 23.8 Å². The summed E-state index contributed by atoms with van der Waals surface area (Å²) in [6, 6.07) is 1.78. The average molecular weight is 462 g/mol. The number of aromatic nitrogens is 3. The van der Waals surface area contributed by atoms with E-state index >= 15 is 0 Å². The van der Waals surface area contributed by atoms with E-state index < -0.39 is 0 Å². The smallest absolute Gasteiger partial charge is 0.270 e. The van der Waals surface area contributed by atoms with Gasteiger partial charge in [0, 0.05) is 63.3 Å². The van der Waals surface area contributed by atoms with Crippen molar-refractivity contribution in [1.82, 2.24) is 25.2 Å². The lowest BCUT2D eigenvalue weighted by Gasteiger charge is -2.34. The van der Waals surface area contributed by atoms with Gasteiger partial charge in [0.1, 0.15) is 5.69 Å². The van der Waals surface area contributed by atoms with Crippen molar-refractivity contribution in [2.45, 2.75) is 12.8 Å². The van der Waals surface area contributed by atoms with E-state index in [1.807, 2.05) is 4.90 Å². The SMILES string of the molecule is Cl.Cl.NCCc1nc(C(=O)NCCC(=O)N2CCN(c3ncccn3)CC2)cs1. The van der Waals surface area contributed by atoms with Crippen molar-refractivity contribution in [3.63, 3.8) is 0 Å². The van der Waals surface area contributed by atoms with Crippen LogP contribution in [0.2, 0.25) is 0 Å². The highest BCUT2D eigenvalue weighted by Crippen LogP contribution is 2.11. The molecule has 0 aliphatic carbocycles. The Bertz CT molecular complexity index is 770. The summed E-state index contributed by atoms with van der Waals surface area (Å²) in [7, 11) is 0. The Labute approximate surface area is 185 Å². The van der Waals surface area contributed by atoms with Crippen molar-refractivity contribution in [3.05, 3.63) is 34.5 Å². The van der Waals surface area contributed by atoms with E-state index in [0.717, 1.165) is 5.01 Å². The minimum atomic E-state index is -0.256. The first-order valence-electron chi connectivity index (χ1n) is 8.90. The van der Waals surface area contributed by atoms with Crippen LogP contribution in [-0.2, 0) is 11.2 Å². The van der Waals surface area contributed by atoms with Gasteiger partial charge < -0.3 is 20.9 Å². The number of carbonyl (C=O) groups is 2. The standard InChI is InChI=1S/C17H23N7O2S.2ClH/c18-4-2-14-22-13(12-27-14)16(26)19-7-3-15(25)23-8-10-24(11-9-23)17-20-5-1-6-21-17;;/h1,5-6,12H,2-4,7-11,18H2,(H,19,26);2*1H. The molecule has 3 rings (SSSR count). The van der Waals surface area contributed by atoms with Crippen molar-refractivity contribution in [3.8, 4) is 0 Å². The molecular weight excluding hydrogens is 437 g/mol. The number of halogens is 2. The number of anilines is 1. The number of amides is 2. The fourth-order valence-electron chi connectivity index (χ4n) is 2.80. The van der Waals surface area contributed by atoms with E-state index in [4.69, 9.17) is 5.73 Å². The van der Waals surface area contributed by atoms with E-state index in [1.54, 1.807) is 23.8 Å². The molecular formula is C17H25Cl2N7O2S. The summed E-state index contributed by atoms with van der Waals surface area (Å²) in [6.45, 7) is 3.45.